The molecule has 0 atom stereocenters. The van der Waals surface area contributed by atoms with Crippen LogP contribution in [0.2, 0.25) is 0 Å². The standard InChI is InChI=1S/C18H26O3.C2H6O/c1-3-4-5-6-7-8-15-21-18(19)14-11-16-9-12-17(20-2)13-10-16;1-2-3/h9-14H,3-8,15H2,1-2H3;3H,2H2,1H3. The molecule has 0 aliphatic carbocycles. The second kappa shape index (κ2) is 16.1. The highest BCUT2D eigenvalue weighted by atomic mass is 16.5. The Morgan fingerprint density at radius 3 is 2.21 bits per heavy atom. The molecule has 0 saturated heterocycles. The van der Waals surface area contributed by atoms with Gasteiger partial charge in [0, 0.05) is 12.7 Å². The lowest BCUT2D eigenvalue weighted by molar-refractivity contribution is -0.137. The molecule has 0 spiro atoms. The number of aliphatic hydroxyl groups is 1. The highest BCUT2D eigenvalue weighted by Crippen LogP contribution is 2.12. The molecule has 1 N–H and O–H groups in total. The Morgan fingerprint density at radius 1 is 1.04 bits per heavy atom. The van der Waals surface area contributed by atoms with Gasteiger partial charge in [-0.2, -0.15) is 0 Å². The van der Waals surface area contributed by atoms with Gasteiger partial charge in [0.25, 0.3) is 0 Å². The molecule has 0 fully saturated rings. The van der Waals surface area contributed by atoms with Crippen LogP contribution in [-0.2, 0) is 9.53 Å². The maximum atomic E-state index is 11.5. The minimum atomic E-state index is -0.278. The third kappa shape index (κ3) is 12.7. The summed E-state index contributed by atoms with van der Waals surface area (Å²) >= 11 is 0. The molecule has 1 rings (SSSR count). The molecule has 0 aliphatic heterocycles. The van der Waals surface area contributed by atoms with E-state index >= 15 is 0 Å². The quantitative estimate of drug-likeness (QED) is 0.385. The molecule has 1 aromatic carbocycles. The van der Waals surface area contributed by atoms with Crippen molar-refractivity contribution < 1.29 is 19.4 Å². The van der Waals surface area contributed by atoms with Gasteiger partial charge in [-0.05, 0) is 37.1 Å². The number of methoxy groups -OCH3 is 1. The molecular weight excluding hydrogens is 304 g/mol. The number of carbonyl (C=O) groups is 1. The number of ether oxygens (including phenoxy) is 2. The van der Waals surface area contributed by atoms with Gasteiger partial charge >= 0.3 is 5.97 Å². The van der Waals surface area contributed by atoms with Crippen molar-refractivity contribution in [2.45, 2.75) is 52.4 Å². The molecule has 0 aliphatic rings. The maximum Gasteiger partial charge on any atom is 0.330 e. The van der Waals surface area contributed by atoms with E-state index in [1.54, 1.807) is 20.1 Å². The first kappa shape index (κ1) is 22.2. The molecule has 24 heavy (non-hydrogen) atoms. The van der Waals surface area contributed by atoms with Crippen LogP contribution in [0.5, 0.6) is 5.75 Å². The Hall–Kier alpha value is -1.81. The van der Waals surface area contributed by atoms with Gasteiger partial charge in [-0.15, -0.1) is 0 Å². The topological polar surface area (TPSA) is 55.8 Å². The largest absolute Gasteiger partial charge is 0.497 e. The maximum absolute atomic E-state index is 11.5. The van der Waals surface area contributed by atoms with Crippen LogP contribution in [0.15, 0.2) is 30.3 Å². The lowest BCUT2D eigenvalue weighted by atomic mass is 10.1. The molecular formula is C20H32O4. The molecule has 1 aromatic rings. The van der Waals surface area contributed by atoms with Gasteiger partial charge < -0.3 is 14.6 Å². The Labute approximate surface area is 146 Å². The molecule has 0 bridgehead atoms. The van der Waals surface area contributed by atoms with E-state index in [1.165, 1.54) is 31.8 Å². The van der Waals surface area contributed by atoms with Crippen LogP contribution >= 0.6 is 0 Å². The van der Waals surface area contributed by atoms with Crippen molar-refractivity contribution in [1.29, 1.82) is 0 Å². The van der Waals surface area contributed by atoms with Crippen LogP contribution in [0.25, 0.3) is 6.08 Å². The van der Waals surface area contributed by atoms with Crippen molar-refractivity contribution >= 4 is 12.0 Å². The summed E-state index contributed by atoms with van der Waals surface area (Å²) in [6.07, 6.45) is 10.4. The molecule has 0 heterocycles. The molecule has 136 valence electrons. The van der Waals surface area contributed by atoms with Crippen molar-refractivity contribution in [2.24, 2.45) is 0 Å². The second-order valence-electron chi connectivity index (χ2n) is 5.36. The minimum Gasteiger partial charge on any atom is -0.497 e. The van der Waals surface area contributed by atoms with Gasteiger partial charge in [0.15, 0.2) is 0 Å². The Bertz CT molecular complexity index is 437. The van der Waals surface area contributed by atoms with Crippen molar-refractivity contribution in [3.63, 3.8) is 0 Å². The van der Waals surface area contributed by atoms with Crippen molar-refractivity contribution in [3.05, 3.63) is 35.9 Å². The zero-order valence-electron chi connectivity index (χ0n) is 15.3. The van der Waals surface area contributed by atoms with E-state index in [0.29, 0.717) is 6.61 Å². The molecule has 0 aromatic heterocycles. The highest BCUT2D eigenvalue weighted by molar-refractivity contribution is 5.87. The SMILES string of the molecule is CCCCCCCCOC(=O)C=Cc1ccc(OC)cc1.CCO. The number of hydrogen-bond donors (Lipinski definition) is 1. The fourth-order valence-electron chi connectivity index (χ4n) is 1.98. The van der Waals surface area contributed by atoms with Crippen molar-refractivity contribution in [2.75, 3.05) is 20.3 Å². The first-order valence-corrected chi connectivity index (χ1v) is 8.77. The van der Waals surface area contributed by atoms with Crippen LogP contribution in [0.4, 0.5) is 0 Å². The fourth-order valence-corrected chi connectivity index (χ4v) is 1.98. The number of esters is 1. The normalized spacial score (nSPS) is 10.2. The van der Waals surface area contributed by atoms with Gasteiger partial charge in [0.2, 0.25) is 0 Å². The second-order valence-corrected chi connectivity index (χ2v) is 5.36. The average molecular weight is 336 g/mol. The van der Waals surface area contributed by atoms with E-state index in [4.69, 9.17) is 14.6 Å². The van der Waals surface area contributed by atoms with Crippen LogP contribution in [0.3, 0.4) is 0 Å². The monoisotopic (exact) mass is 336 g/mol. The zero-order valence-corrected chi connectivity index (χ0v) is 15.3. The van der Waals surface area contributed by atoms with Crippen LogP contribution in [0.1, 0.15) is 57.9 Å². The lowest BCUT2D eigenvalue weighted by Crippen LogP contribution is -2.02. The van der Waals surface area contributed by atoms with E-state index < -0.39 is 0 Å². The van der Waals surface area contributed by atoms with Gasteiger partial charge in [0.1, 0.15) is 5.75 Å². The number of aliphatic hydroxyl groups excluding tert-OH is 1. The summed E-state index contributed by atoms with van der Waals surface area (Å²) in [5, 5.41) is 7.57. The third-order valence-electron chi connectivity index (χ3n) is 3.27. The molecule has 0 amide bonds. The summed E-state index contributed by atoms with van der Waals surface area (Å²) in [5.41, 5.74) is 0.951. The Morgan fingerprint density at radius 2 is 1.62 bits per heavy atom. The van der Waals surface area contributed by atoms with Crippen molar-refractivity contribution in [1.82, 2.24) is 0 Å². The number of unbranched alkanes of at least 4 members (excludes halogenated alkanes) is 5. The fraction of sp³-hybridized carbons (Fsp3) is 0.550. The molecule has 4 heteroatoms. The first-order valence-electron chi connectivity index (χ1n) is 8.77. The number of benzene rings is 1. The summed E-state index contributed by atoms with van der Waals surface area (Å²) in [4.78, 5) is 11.5. The third-order valence-corrected chi connectivity index (χ3v) is 3.27. The Kier molecular flexibility index (Phi) is 14.9. The van der Waals surface area contributed by atoms with E-state index in [-0.39, 0.29) is 12.6 Å². The Balaban J connectivity index is 0.00000163. The van der Waals surface area contributed by atoms with Crippen LogP contribution in [0, 0.1) is 0 Å². The van der Waals surface area contributed by atoms with Gasteiger partial charge in [-0.3, -0.25) is 0 Å². The summed E-state index contributed by atoms with van der Waals surface area (Å²) in [6, 6.07) is 7.52. The number of carbonyl (C=O) groups excluding carboxylic acids is 1. The van der Waals surface area contributed by atoms with Gasteiger partial charge in [0.05, 0.1) is 13.7 Å². The van der Waals surface area contributed by atoms with Crippen LogP contribution < -0.4 is 4.74 Å². The summed E-state index contributed by atoms with van der Waals surface area (Å²) in [6.45, 7) is 4.65. The lowest BCUT2D eigenvalue weighted by Gasteiger charge is -2.02. The van der Waals surface area contributed by atoms with E-state index in [9.17, 15) is 4.79 Å². The first-order chi connectivity index (χ1) is 11.7. The van der Waals surface area contributed by atoms with Gasteiger partial charge in [-0.25, -0.2) is 4.79 Å². The predicted octanol–water partition coefficient (Wildman–Crippen LogP) is 4.61. The summed E-state index contributed by atoms with van der Waals surface area (Å²) < 4.78 is 10.2. The van der Waals surface area contributed by atoms with Crippen LogP contribution in [-0.4, -0.2) is 31.4 Å². The van der Waals surface area contributed by atoms with Crippen molar-refractivity contribution in [3.8, 4) is 5.75 Å². The number of hydrogen-bond acceptors (Lipinski definition) is 4. The molecule has 0 radical (unpaired) electrons. The zero-order chi connectivity index (χ0) is 18.0. The van der Waals surface area contributed by atoms with E-state index in [1.807, 2.05) is 24.3 Å². The smallest absolute Gasteiger partial charge is 0.330 e. The molecule has 4 nitrogen and oxygen atoms in total. The summed E-state index contributed by atoms with van der Waals surface area (Å²) in [7, 11) is 1.63. The minimum absolute atomic E-state index is 0.250. The van der Waals surface area contributed by atoms with E-state index in [0.717, 1.165) is 24.2 Å². The predicted molar refractivity (Wildman–Crippen MR) is 99.1 cm³/mol. The summed E-state index contributed by atoms with van der Waals surface area (Å²) in [5.74, 6) is 0.525. The van der Waals surface area contributed by atoms with E-state index in [2.05, 4.69) is 6.92 Å². The molecule has 0 saturated carbocycles. The number of rotatable bonds is 10. The highest BCUT2D eigenvalue weighted by Gasteiger charge is 1.97. The van der Waals surface area contributed by atoms with Gasteiger partial charge in [-0.1, -0.05) is 51.2 Å². The average Bonchev–Trinajstić information content (AvgIpc) is 2.60. The molecule has 0 unspecified atom stereocenters.